The third-order valence-corrected chi connectivity index (χ3v) is 1.11. The molecule has 0 aromatic rings. The van der Waals surface area contributed by atoms with E-state index in [0.717, 1.165) is 0 Å². The summed E-state index contributed by atoms with van der Waals surface area (Å²) < 4.78 is 16.6. The van der Waals surface area contributed by atoms with Gasteiger partial charge in [0.05, 0.1) is 0 Å². The van der Waals surface area contributed by atoms with Crippen LogP contribution in [0.25, 0.3) is 11.1 Å². The summed E-state index contributed by atoms with van der Waals surface area (Å²) in [7, 11) is 0. The maximum absolute atomic E-state index is 8.29. The van der Waals surface area contributed by atoms with E-state index < -0.39 is 11.6 Å². The zero-order valence-corrected chi connectivity index (χ0v) is 5.35. The van der Waals surface area contributed by atoms with Crippen molar-refractivity contribution in [2.75, 3.05) is 0 Å². The first-order chi connectivity index (χ1) is 4.38. The number of rotatable bonds is 0. The third kappa shape index (κ3) is 1.47. The first-order valence-corrected chi connectivity index (χ1v) is 3.07. The van der Waals surface area contributed by atoms with Gasteiger partial charge < -0.3 is 0 Å². The normalized spacial score (nSPS) is 8.89. The molecule has 0 atom stereocenters. The average Bonchev–Trinajstić information content (AvgIpc) is 2.43. The Balaban J connectivity index is 0.000000120. The molecule has 0 saturated carbocycles. The van der Waals surface area contributed by atoms with Crippen molar-refractivity contribution in [1.29, 1.82) is 0 Å². The Morgan fingerprint density at radius 3 is 1.67 bits per heavy atom. The molecule has 9 heavy (non-hydrogen) atoms. The Morgan fingerprint density at radius 2 is 1.56 bits per heavy atom. The molecule has 0 unspecified atom stereocenters. The second kappa shape index (κ2) is 2.55. The van der Waals surface area contributed by atoms with E-state index >= 15 is 0 Å². The van der Waals surface area contributed by atoms with Crippen molar-refractivity contribution in [1.82, 2.24) is 0 Å². The van der Waals surface area contributed by atoms with Crippen molar-refractivity contribution >= 4 is 11.6 Å². The molecule has 2 aliphatic carbocycles. The van der Waals surface area contributed by atoms with Crippen LogP contribution in [-0.4, -0.2) is 8.42 Å². The largest absolute Gasteiger partial charge is 0.335 e. The van der Waals surface area contributed by atoms with Gasteiger partial charge in [-0.05, 0) is 17.2 Å². The summed E-state index contributed by atoms with van der Waals surface area (Å²) in [6.07, 6.45) is 0. The standard InChI is InChI=1S/C6H4.O2S/c1-2-5-4-6(5)3-1;1-3-2/h1-4H;. The number of hydrogen-bond donors (Lipinski definition) is 0. The molecule has 0 fully saturated rings. The molecule has 3 heteroatoms. The zero-order chi connectivity index (χ0) is 6.69. The van der Waals surface area contributed by atoms with Crippen LogP contribution in [0.3, 0.4) is 0 Å². The number of fused-ring (bicyclic) bond motifs is 1. The lowest BCUT2D eigenvalue weighted by atomic mass is 10.6. The third-order valence-electron chi connectivity index (χ3n) is 1.11. The molecule has 2 aliphatic rings. The van der Waals surface area contributed by atoms with Gasteiger partial charge in [0.15, 0.2) is 0 Å². The van der Waals surface area contributed by atoms with Crippen LogP contribution in [-0.2, 0) is 11.6 Å². The van der Waals surface area contributed by atoms with Crippen LogP contribution < -0.4 is 0 Å². The predicted octanol–water partition coefficient (Wildman–Crippen LogP) is 0.997. The van der Waals surface area contributed by atoms with Crippen LogP contribution in [0.5, 0.6) is 0 Å². The maximum Gasteiger partial charge on any atom is 0.335 e. The van der Waals surface area contributed by atoms with E-state index in [0.29, 0.717) is 0 Å². The van der Waals surface area contributed by atoms with Gasteiger partial charge in [-0.2, -0.15) is 8.42 Å². The van der Waals surface area contributed by atoms with Crippen molar-refractivity contribution in [3.8, 4) is 11.1 Å². The molecule has 0 N–H and O–H groups in total. The van der Waals surface area contributed by atoms with Gasteiger partial charge in [-0.25, -0.2) is 0 Å². The first-order valence-electron chi connectivity index (χ1n) is 2.40. The van der Waals surface area contributed by atoms with Crippen molar-refractivity contribution in [3.05, 3.63) is 24.3 Å². The van der Waals surface area contributed by atoms with Gasteiger partial charge in [0, 0.05) is 0 Å². The molecule has 0 spiro atoms. The molecule has 0 aromatic carbocycles. The van der Waals surface area contributed by atoms with Crippen molar-refractivity contribution in [2.45, 2.75) is 0 Å². The minimum absolute atomic E-state index is 0.750. The zero-order valence-electron chi connectivity index (χ0n) is 4.53. The van der Waals surface area contributed by atoms with Gasteiger partial charge in [-0.1, -0.05) is 18.2 Å². The highest BCUT2D eigenvalue weighted by Crippen LogP contribution is 2.32. The molecule has 0 aliphatic heterocycles. The molecule has 0 amide bonds. The molecule has 2 rings (SSSR count). The van der Waals surface area contributed by atoms with E-state index in [9.17, 15) is 0 Å². The van der Waals surface area contributed by atoms with E-state index in [1.807, 2.05) is 0 Å². The van der Waals surface area contributed by atoms with Gasteiger partial charge >= 0.3 is 11.6 Å². The Morgan fingerprint density at radius 1 is 1.11 bits per heavy atom. The Bertz CT molecular complexity index is 234. The van der Waals surface area contributed by atoms with Gasteiger partial charge in [-0.3, -0.25) is 0 Å². The summed E-state index contributed by atoms with van der Waals surface area (Å²) in [5, 5.41) is 0. The smallest absolute Gasteiger partial charge is 0.168 e. The fourth-order valence-electron chi connectivity index (χ4n) is 0.676. The summed E-state index contributed by atoms with van der Waals surface area (Å²) >= 11 is -0.750. The second-order valence-electron chi connectivity index (χ2n) is 1.65. The van der Waals surface area contributed by atoms with Crippen LogP contribution in [0.2, 0.25) is 0 Å². The summed E-state index contributed by atoms with van der Waals surface area (Å²) in [4.78, 5) is 0. The maximum atomic E-state index is 8.29. The number of benzene rings is 1. The van der Waals surface area contributed by atoms with E-state index in [4.69, 9.17) is 8.42 Å². The summed E-state index contributed by atoms with van der Waals surface area (Å²) in [6, 6.07) is 8.48. The molecule has 0 radical (unpaired) electrons. The first kappa shape index (κ1) is 6.16. The number of hydrogen-bond acceptors (Lipinski definition) is 2. The molecule has 0 bridgehead atoms. The molecular formula is C6H4O2S. The van der Waals surface area contributed by atoms with E-state index in [-0.39, 0.29) is 0 Å². The quantitative estimate of drug-likeness (QED) is 0.547. The lowest BCUT2D eigenvalue weighted by molar-refractivity contribution is 0.630. The summed E-state index contributed by atoms with van der Waals surface area (Å²) in [6.45, 7) is 0. The predicted molar refractivity (Wildman–Crippen MR) is 34.4 cm³/mol. The minimum Gasteiger partial charge on any atom is -0.168 e. The fraction of sp³-hybridized carbons (Fsp3) is 0. The molecule has 0 saturated heterocycles. The highest BCUT2D eigenvalue weighted by atomic mass is 32.1. The fourth-order valence-corrected chi connectivity index (χ4v) is 0.676. The summed E-state index contributed by atoms with van der Waals surface area (Å²) in [5.41, 5.74) is 2.85. The Hall–Kier alpha value is -0.960. The average molecular weight is 140 g/mol. The Kier molecular flexibility index (Phi) is 1.75. The van der Waals surface area contributed by atoms with Gasteiger partial charge in [-0.15, -0.1) is 0 Å². The van der Waals surface area contributed by atoms with Gasteiger partial charge in [0.25, 0.3) is 0 Å². The van der Waals surface area contributed by atoms with Crippen LogP contribution >= 0.6 is 0 Å². The van der Waals surface area contributed by atoms with E-state index in [2.05, 4.69) is 24.3 Å². The van der Waals surface area contributed by atoms with Crippen LogP contribution in [0, 0.1) is 0 Å². The minimum atomic E-state index is -0.750. The summed E-state index contributed by atoms with van der Waals surface area (Å²) in [5.74, 6) is 0. The van der Waals surface area contributed by atoms with Crippen molar-refractivity contribution < 1.29 is 8.42 Å². The SMILES string of the molecule is O=S=O.c1cc2cc-2c1. The Labute approximate surface area is 56.1 Å². The van der Waals surface area contributed by atoms with Crippen LogP contribution in [0.4, 0.5) is 0 Å². The molecule has 0 aromatic heterocycles. The van der Waals surface area contributed by atoms with Crippen molar-refractivity contribution in [2.24, 2.45) is 0 Å². The van der Waals surface area contributed by atoms with E-state index in [1.165, 1.54) is 11.1 Å². The van der Waals surface area contributed by atoms with E-state index in [1.54, 1.807) is 0 Å². The highest BCUT2D eigenvalue weighted by molar-refractivity contribution is 7.51. The lowest BCUT2D eigenvalue weighted by Gasteiger charge is -1.48. The van der Waals surface area contributed by atoms with Gasteiger partial charge in [0.1, 0.15) is 0 Å². The molecule has 0 heterocycles. The van der Waals surface area contributed by atoms with Crippen molar-refractivity contribution in [3.63, 3.8) is 0 Å². The lowest BCUT2D eigenvalue weighted by Crippen LogP contribution is -1.23. The molecular weight excluding hydrogens is 136 g/mol. The molecule has 46 valence electrons. The monoisotopic (exact) mass is 140 g/mol. The topological polar surface area (TPSA) is 34.1 Å². The molecule has 2 nitrogen and oxygen atoms in total. The van der Waals surface area contributed by atoms with Gasteiger partial charge in [0.2, 0.25) is 0 Å². The highest BCUT2D eigenvalue weighted by Gasteiger charge is 2.06. The van der Waals surface area contributed by atoms with Crippen LogP contribution in [0.15, 0.2) is 24.3 Å². The second-order valence-corrected chi connectivity index (χ2v) is 1.78. The van der Waals surface area contributed by atoms with Crippen LogP contribution in [0.1, 0.15) is 0 Å².